The van der Waals surface area contributed by atoms with Gasteiger partial charge in [-0.1, -0.05) is 19.9 Å². The van der Waals surface area contributed by atoms with Crippen LogP contribution in [0.15, 0.2) is 18.2 Å². The molecule has 2 nitrogen and oxygen atoms in total. The first kappa shape index (κ1) is 17.8. The van der Waals surface area contributed by atoms with Crippen molar-refractivity contribution in [2.24, 2.45) is 0 Å². The van der Waals surface area contributed by atoms with E-state index in [9.17, 15) is 13.2 Å². The third kappa shape index (κ3) is 4.37. The van der Waals surface area contributed by atoms with Crippen LogP contribution in [0.2, 0.25) is 0 Å². The fourth-order valence-electron chi connectivity index (χ4n) is 2.64. The number of halogens is 3. The van der Waals surface area contributed by atoms with Gasteiger partial charge in [-0.15, -0.1) is 0 Å². The van der Waals surface area contributed by atoms with Crippen LogP contribution in [0, 0.1) is 6.92 Å². The van der Waals surface area contributed by atoms with Gasteiger partial charge in [0.05, 0.1) is 18.2 Å². The lowest BCUT2D eigenvalue weighted by Gasteiger charge is -2.27. The van der Waals surface area contributed by atoms with Crippen LogP contribution < -0.4 is 4.90 Å². The average Bonchev–Trinajstić information content (AvgIpc) is 2.89. The summed E-state index contributed by atoms with van der Waals surface area (Å²) in [7, 11) is 1.62. The quantitative estimate of drug-likeness (QED) is 0.805. The SMILES string of the molecule is CC.COC[C@H]1CCCN1c1ccc(C)c(C(F)(F)F)c1. The van der Waals surface area contributed by atoms with E-state index in [1.165, 1.54) is 13.0 Å². The van der Waals surface area contributed by atoms with Gasteiger partial charge >= 0.3 is 6.18 Å². The molecule has 2 rings (SSSR count). The highest BCUT2D eigenvalue weighted by molar-refractivity contribution is 5.53. The molecular formula is C16H24F3NO. The number of nitrogens with zero attached hydrogens (tertiary/aromatic N) is 1. The summed E-state index contributed by atoms with van der Waals surface area (Å²) in [6.07, 6.45) is -2.34. The topological polar surface area (TPSA) is 12.5 Å². The highest BCUT2D eigenvalue weighted by Gasteiger charge is 2.34. The lowest BCUT2D eigenvalue weighted by atomic mass is 10.1. The van der Waals surface area contributed by atoms with Gasteiger partial charge in [0.25, 0.3) is 0 Å². The van der Waals surface area contributed by atoms with Crippen molar-refractivity contribution in [3.05, 3.63) is 29.3 Å². The Kier molecular flexibility index (Phi) is 6.52. The van der Waals surface area contributed by atoms with Gasteiger partial charge in [0.15, 0.2) is 0 Å². The molecule has 0 spiro atoms. The lowest BCUT2D eigenvalue weighted by Crippen LogP contribution is -2.33. The summed E-state index contributed by atoms with van der Waals surface area (Å²) in [5.74, 6) is 0. The van der Waals surface area contributed by atoms with Crippen molar-refractivity contribution in [1.82, 2.24) is 0 Å². The first-order valence-corrected chi connectivity index (χ1v) is 7.37. The summed E-state index contributed by atoms with van der Waals surface area (Å²) in [5.41, 5.74) is 0.351. The van der Waals surface area contributed by atoms with Crippen LogP contribution in [0.25, 0.3) is 0 Å². The summed E-state index contributed by atoms with van der Waals surface area (Å²) in [4.78, 5) is 2.01. The molecule has 5 heteroatoms. The largest absolute Gasteiger partial charge is 0.416 e. The molecule has 1 atom stereocenters. The molecule has 0 aromatic heterocycles. The molecule has 1 fully saturated rings. The van der Waals surface area contributed by atoms with Crippen molar-refractivity contribution in [3.8, 4) is 0 Å². The smallest absolute Gasteiger partial charge is 0.383 e. The minimum absolute atomic E-state index is 0.175. The van der Waals surface area contributed by atoms with Gasteiger partial charge in [-0.25, -0.2) is 0 Å². The normalized spacial score (nSPS) is 18.4. The van der Waals surface area contributed by atoms with E-state index in [2.05, 4.69) is 0 Å². The van der Waals surface area contributed by atoms with Gasteiger partial charge in [0.1, 0.15) is 0 Å². The second kappa shape index (κ2) is 7.69. The van der Waals surface area contributed by atoms with Crippen LogP contribution in [0.3, 0.4) is 0 Å². The number of aryl methyl sites for hydroxylation is 1. The summed E-state index contributed by atoms with van der Waals surface area (Å²) in [6.45, 7) is 6.83. The number of hydrogen-bond acceptors (Lipinski definition) is 2. The summed E-state index contributed by atoms with van der Waals surface area (Å²) < 4.78 is 43.9. The second-order valence-electron chi connectivity index (χ2n) is 4.94. The molecule has 0 unspecified atom stereocenters. The number of benzene rings is 1. The predicted octanol–water partition coefficient (Wildman–Crippen LogP) is 4.66. The van der Waals surface area contributed by atoms with Gasteiger partial charge in [0.2, 0.25) is 0 Å². The number of methoxy groups -OCH3 is 1. The number of alkyl halides is 3. The van der Waals surface area contributed by atoms with E-state index in [4.69, 9.17) is 4.74 Å². The van der Waals surface area contributed by atoms with E-state index in [1.54, 1.807) is 19.2 Å². The maximum absolute atomic E-state index is 12.9. The Hall–Kier alpha value is -1.23. The van der Waals surface area contributed by atoms with Crippen LogP contribution in [0.5, 0.6) is 0 Å². The molecule has 120 valence electrons. The third-order valence-corrected chi connectivity index (χ3v) is 3.59. The fraction of sp³-hybridized carbons (Fsp3) is 0.625. The molecule has 0 radical (unpaired) electrons. The zero-order valence-electron chi connectivity index (χ0n) is 13.1. The molecule has 0 aliphatic carbocycles. The molecule has 1 aromatic carbocycles. The fourth-order valence-corrected chi connectivity index (χ4v) is 2.64. The standard InChI is InChI=1S/C14H18F3NO.C2H6/c1-10-5-6-11(8-13(10)14(15,16)17)18-7-3-4-12(18)9-19-2;1-2/h5-6,8,12H,3-4,7,9H2,1-2H3;1-2H3/t12-;/m1./s1. The number of hydrogen-bond donors (Lipinski definition) is 0. The second-order valence-corrected chi connectivity index (χ2v) is 4.94. The maximum atomic E-state index is 12.9. The van der Waals surface area contributed by atoms with Crippen molar-refractivity contribution in [2.75, 3.05) is 25.2 Å². The van der Waals surface area contributed by atoms with Gasteiger partial charge in [-0.05, 0) is 37.5 Å². The summed E-state index contributed by atoms with van der Waals surface area (Å²) in [6, 6.07) is 4.73. The predicted molar refractivity (Wildman–Crippen MR) is 79.8 cm³/mol. The number of ether oxygens (including phenoxy) is 1. The molecule has 1 heterocycles. The highest BCUT2D eigenvalue weighted by atomic mass is 19.4. The van der Waals surface area contributed by atoms with E-state index < -0.39 is 11.7 Å². The lowest BCUT2D eigenvalue weighted by molar-refractivity contribution is -0.138. The molecule has 1 aromatic rings. The van der Waals surface area contributed by atoms with Crippen molar-refractivity contribution < 1.29 is 17.9 Å². The van der Waals surface area contributed by atoms with Gasteiger partial charge in [-0.2, -0.15) is 13.2 Å². The number of anilines is 1. The van der Waals surface area contributed by atoms with Crippen LogP contribution in [-0.4, -0.2) is 26.3 Å². The molecule has 1 saturated heterocycles. The Labute approximate surface area is 124 Å². The Morgan fingerprint density at radius 1 is 1.29 bits per heavy atom. The van der Waals surface area contributed by atoms with E-state index >= 15 is 0 Å². The Balaban J connectivity index is 0.00000106. The minimum atomic E-state index is -4.30. The van der Waals surface area contributed by atoms with Crippen molar-refractivity contribution in [1.29, 1.82) is 0 Å². The third-order valence-electron chi connectivity index (χ3n) is 3.59. The average molecular weight is 303 g/mol. The van der Waals surface area contributed by atoms with Gasteiger partial charge < -0.3 is 9.64 Å². The zero-order chi connectivity index (χ0) is 16.0. The first-order chi connectivity index (χ1) is 9.93. The molecule has 21 heavy (non-hydrogen) atoms. The minimum Gasteiger partial charge on any atom is -0.383 e. The van der Waals surface area contributed by atoms with E-state index in [1.807, 2.05) is 18.7 Å². The Morgan fingerprint density at radius 3 is 2.52 bits per heavy atom. The summed E-state index contributed by atoms with van der Waals surface area (Å²) >= 11 is 0. The van der Waals surface area contributed by atoms with Crippen molar-refractivity contribution >= 4 is 5.69 Å². The Bertz CT molecular complexity index is 446. The first-order valence-electron chi connectivity index (χ1n) is 7.37. The Morgan fingerprint density at radius 2 is 1.95 bits per heavy atom. The highest BCUT2D eigenvalue weighted by Crippen LogP contribution is 2.35. The van der Waals surface area contributed by atoms with E-state index in [-0.39, 0.29) is 11.6 Å². The van der Waals surface area contributed by atoms with Crippen molar-refractivity contribution in [3.63, 3.8) is 0 Å². The maximum Gasteiger partial charge on any atom is 0.416 e. The van der Waals surface area contributed by atoms with Gasteiger partial charge in [-0.3, -0.25) is 0 Å². The van der Waals surface area contributed by atoms with Crippen molar-refractivity contribution in [2.45, 2.75) is 45.8 Å². The van der Waals surface area contributed by atoms with Crippen LogP contribution in [0.1, 0.15) is 37.8 Å². The van der Waals surface area contributed by atoms with Crippen LogP contribution >= 0.6 is 0 Å². The van der Waals surface area contributed by atoms with Gasteiger partial charge in [0, 0.05) is 19.3 Å². The summed E-state index contributed by atoms with van der Waals surface area (Å²) in [5, 5.41) is 0. The molecule has 1 aliphatic rings. The molecule has 0 bridgehead atoms. The zero-order valence-corrected chi connectivity index (χ0v) is 13.1. The van der Waals surface area contributed by atoms with Crippen LogP contribution in [-0.2, 0) is 10.9 Å². The van der Waals surface area contributed by atoms with Crippen LogP contribution in [0.4, 0.5) is 18.9 Å². The monoisotopic (exact) mass is 303 g/mol. The molecule has 0 N–H and O–H groups in total. The number of rotatable bonds is 3. The molecular weight excluding hydrogens is 279 g/mol. The van der Waals surface area contributed by atoms with E-state index in [0.717, 1.165) is 19.4 Å². The molecule has 0 saturated carbocycles. The molecule has 0 amide bonds. The van der Waals surface area contributed by atoms with E-state index in [0.29, 0.717) is 12.3 Å². The molecule has 1 aliphatic heterocycles.